The molecule has 384 valence electrons. The quantitative estimate of drug-likeness (QED) is 0.0889. The molecular weight excluding hydrogens is 1060 g/mol. The lowest BCUT2D eigenvalue weighted by atomic mass is 9.12. The van der Waals surface area contributed by atoms with Crippen molar-refractivity contribution >= 4 is 39.3 Å². The van der Waals surface area contributed by atoms with E-state index in [0.29, 0.717) is 6.54 Å². The van der Waals surface area contributed by atoms with E-state index < -0.39 is 206 Å². The van der Waals surface area contributed by atoms with Gasteiger partial charge >= 0.3 is 55.4 Å². The van der Waals surface area contributed by atoms with Crippen LogP contribution in [0.1, 0.15) is 50.1 Å². The zero-order valence-electron chi connectivity index (χ0n) is 33.9. The first kappa shape index (κ1) is 55.9. The van der Waals surface area contributed by atoms with Crippen molar-refractivity contribution in [2.45, 2.75) is 56.0 Å². The van der Waals surface area contributed by atoms with Crippen molar-refractivity contribution in [2.24, 2.45) is 0 Å². The molecule has 1 aromatic heterocycles. The minimum atomic E-state index is -6.13. The molecule has 0 aliphatic carbocycles. The molecule has 0 fully saturated rings. The van der Waals surface area contributed by atoms with Gasteiger partial charge in [-0.1, -0.05) is 78.9 Å². The van der Waals surface area contributed by atoms with Gasteiger partial charge in [-0.15, -0.1) is 4.39 Å². The van der Waals surface area contributed by atoms with Crippen LogP contribution in [0, 0.1) is 11.1 Å². The van der Waals surface area contributed by atoms with Gasteiger partial charge in [0.05, 0.1) is 44.5 Å². The fourth-order valence-electron chi connectivity index (χ4n) is 7.28. The van der Waals surface area contributed by atoms with Gasteiger partial charge in [0.2, 0.25) is 5.51 Å². The van der Waals surface area contributed by atoms with E-state index in [1.54, 1.807) is 0 Å². The summed E-state index contributed by atoms with van der Waals surface area (Å²) < 4.78 is 368. The highest BCUT2D eigenvalue weighted by Gasteiger charge is 2.47. The maximum absolute atomic E-state index is 14.2. The van der Waals surface area contributed by atoms with E-state index in [2.05, 4.69) is 0 Å². The van der Waals surface area contributed by atoms with E-state index in [9.17, 15) is 114 Å². The molecule has 5 aromatic carbocycles. The van der Waals surface area contributed by atoms with E-state index in [4.69, 9.17) is 0 Å². The SMILES string of the molecule is FC(F)(F)c1cc([B-](c2cc(C(F)(F)F)cc(C(F)(F)F)c2)(c2cc(C(F)(F)F)cc(C(F)(F)F)c2)c2cc(C(F)(F)F)cc(C(F)(F)F)c2)cc(C(F)(F)F)c1.Fc1sc[n+](Cc2ccccc2)c1F. The summed E-state index contributed by atoms with van der Waals surface area (Å²) in [5, 5.41) is -0.763. The lowest BCUT2D eigenvalue weighted by Crippen LogP contribution is -2.75. The molecule has 0 aliphatic heterocycles. The minimum Gasteiger partial charge on any atom is -0.194 e. The summed E-state index contributed by atoms with van der Waals surface area (Å²) in [7, 11) is 0. The van der Waals surface area contributed by atoms with Crippen LogP contribution in [-0.2, 0) is 56.0 Å². The predicted octanol–water partition coefficient (Wildman–Crippen LogP) is 13.6. The lowest BCUT2D eigenvalue weighted by molar-refractivity contribution is -0.712. The molecule has 0 atom stereocenters. The van der Waals surface area contributed by atoms with Crippen LogP contribution in [0.5, 0.6) is 0 Å². The number of benzene rings is 5. The Balaban J connectivity index is 0.000000569. The van der Waals surface area contributed by atoms with Crippen molar-refractivity contribution in [2.75, 3.05) is 0 Å². The summed E-state index contributed by atoms with van der Waals surface area (Å²) in [5.74, 6) is -0.793. The molecule has 0 amide bonds. The van der Waals surface area contributed by atoms with Crippen LogP contribution < -0.4 is 26.4 Å². The summed E-state index contributed by atoms with van der Waals surface area (Å²) in [4.78, 5) is 0. The molecule has 0 spiro atoms. The summed E-state index contributed by atoms with van der Waals surface area (Å²) in [6.07, 6.45) is -54.8. The average Bonchev–Trinajstić information content (AvgIpc) is 3.54. The number of hydrogen-bond acceptors (Lipinski definition) is 1. The van der Waals surface area contributed by atoms with Crippen LogP contribution in [0.15, 0.2) is 109 Å². The number of nitrogens with zero attached hydrogens (tertiary/aromatic N) is 1. The molecule has 0 unspecified atom stereocenters. The number of halogens is 26. The first-order valence-corrected chi connectivity index (χ1v) is 19.6. The third-order valence-corrected chi connectivity index (χ3v) is 11.1. The van der Waals surface area contributed by atoms with Crippen molar-refractivity contribution in [1.29, 1.82) is 0 Å². The lowest BCUT2D eigenvalue weighted by Gasteiger charge is -2.46. The second kappa shape index (κ2) is 18.9. The Kier molecular flexibility index (Phi) is 14.9. The topological polar surface area (TPSA) is 3.88 Å². The Bertz CT molecular complexity index is 2420. The predicted molar refractivity (Wildman–Crippen MR) is 200 cm³/mol. The summed E-state index contributed by atoms with van der Waals surface area (Å²) in [6.45, 7) is 0.368. The number of aromatic nitrogens is 1. The fraction of sp³-hybridized carbons (Fsp3) is 0.214. The maximum atomic E-state index is 14.2. The summed E-state index contributed by atoms with van der Waals surface area (Å²) in [5.41, 5.74) is -27.8. The van der Waals surface area contributed by atoms with Gasteiger partial charge in [0.1, 0.15) is 6.15 Å². The molecular formula is C42H20BF26NS. The average molecular weight is 1080 g/mol. The molecule has 0 N–H and O–H groups in total. The highest BCUT2D eigenvalue weighted by Crippen LogP contribution is 2.41. The first-order valence-electron chi connectivity index (χ1n) is 18.7. The van der Waals surface area contributed by atoms with Crippen LogP contribution in [0.4, 0.5) is 114 Å². The van der Waals surface area contributed by atoms with Crippen molar-refractivity contribution < 1.29 is 119 Å². The molecule has 29 heteroatoms. The van der Waals surface area contributed by atoms with Crippen LogP contribution in [0.25, 0.3) is 0 Å². The summed E-state index contributed by atoms with van der Waals surface area (Å²) >= 11 is 0.772. The van der Waals surface area contributed by atoms with Gasteiger partial charge < -0.3 is 0 Å². The largest absolute Gasteiger partial charge is 0.416 e. The van der Waals surface area contributed by atoms with Crippen LogP contribution in [0.2, 0.25) is 0 Å². The zero-order valence-corrected chi connectivity index (χ0v) is 34.7. The Morgan fingerprint density at radius 3 is 0.746 bits per heavy atom. The van der Waals surface area contributed by atoms with Gasteiger partial charge in [0.25, 0.3) is 5.13 Å². The first-order chi connectivity index (χ1) is 32.0. The molecule has 6 rings (SSSR count). The van der Waals surface area contributed by atoms with Gasteiger partial charge in [-0.2, -0.15) is 136 Å². The fourth-order valence-corrected chi connectivity index (χ4v) is 7.88. The normalized spacial score (nSPS) is 13.5. The summed E-state index contributed by atoms with van der Waals surface area (Å²) in [6, 6.07) is 0.574. The van der Waals surface area contributed by atoms with Gasteiger partial charge in [0.15, 0.2) is 6.54 Å². The van der Waals surface area contributed by atoms with Crippen molar-refractivity contribution in [3.05, 3.63) is 170 Å². The molecule has 0 aliphatic rings. The van der Waals surface area contributed by atoms with Gasteiger partial charge in [0, 0.05) is 5.56 Å². The molecule has 71 heavy (non-hydrogen) atoms. The van der Waals surface area contributed by atoms with E-state index >= 15 is 0 Å². The minimum absolute atomic E-state index is 0.368. The third-order valence-electron chi connectivity index (χ3n) is 10.3. The molecule has 0 saturated heterocycles. The number of rotatable bonds is 6. The van der Waals surface area contributed by atoms with Crippen LogP contribution >= 0.6 is 11.3 Å². The molecule has 1 nitrogen and oxygen atoms in total. The molecule has 1 heterocycles. The van der Waals surface area contributed by atoms with Gasteiger partial charge in [-0.25, -0.2) is 0 Å². The van der Waals surface area contributed by atoms with Crippen molar-refractivity contribution in [3.8, 4) is 0 Å². The smallest absolute Gasteiger partial charge is 0.194 e. The highest BCUT2D eigenvalue weighted by atomic mass is 32.1. The van der Waals surface area contributed by atoms with Gasteiger partial charge in [-0.05, 0) is 35.6 Å². The molecule has 0 saturated carbocycles. The molecule has 0 radical (unpaired) electrons. The van der Waals surface area contributed by atoms with Crippen molar-refractivity contribution in [1.82, 2.24) is 0 Å². The Morgan fingerprint density at radius 2 is 0.563 bits per heavy atom. The van der Waals surface area contributed by atoms with E-state index in [1.165, 1.54) is 10.1 Å². The molecule has 6 aromatic rings. The van der Waals surface area contributed by atoms with Crippen molar-refractivity contribution in [3.63, 3.8) is 0 Å². The van der Waals surface area contributed by atoms with E-state index in [1.807, 2.05) is 30.3 Å². The van der Waals surface area contributed by atoms with Crippen LogP contribution in [0.3, 0.4) is 0 Å². The second-order valence-corrected chi connectivity index (χ2v) is 15.9. The monoisotopic (exact) mass is 1080 g/mol. The Labute approximate surface area is 383 Å². The number of thiazole rings is 1. The highest BCUT2D eigenvalue weighted by molar-refractivity contribution is 7.20. The Morgan fingerprint density at radius 1 is 0.338 bits per heavy atom. The second-order valence-electron chi connectivity index (χ2n) is 15.1. The maximum Gasteiger partial charge on any atom is 0.416 e. The third kappa shape index (κ3) is 12.7. The number of hydrogen-bond donors (Lipinski definition) is 0. The van der Waals surface area contributed by atoms with E-state index in [0.717, 1.165) is 16.9 Å². The zero-order chi connectivity index (χ0) is 53.9. The van der Waals surface area contributed by atoms with E-state index in [-0.39, 0.29) is 0 Å². The number of alkyl halides is 24. The van der Waals surface area contributed by atoms with Crippen LogP contribution in [-0.4, -0.2) is 6.15 Å². The standard InChI is InChI=1S/C32H12BF24.C10H8F2NS/c34-25(35,36)13-1-14(26(37,38)39)6-21(5-13)33(22-7-15(27(40,41)42)2-16(8-22)28(43,44)45,23-9-17(29(46,47)48)3-18(10-23)30(49,50)51)24-11-19(31(52,53)54)4-20(12-24)32(55,56)57;11-9-10(12)14-7-13(9)6-8-4-2-1-3-5-8/h1-12H;1-5,7H,6H2/q-1;+1. The molecule has 0 bridgehead atoms. The van der Waals surface area contributed by atoms with Gasteiger partial charge in [-0.3, -0.25) is 0 Å². The Hall–Kier alpha value is -6.03.